The van der Waals surface area contributed by atoms with Gasteiger partial charge in [-0.05, 0) is 59.5 Å². The zero-order chi connectivity index (χ0) is 23.5. The third kappa shape index (κ3) is 2.85. The van der Waals surface area contributed by atoms with Gasteiger partial charge in [-0.25, -0.2) is 4.98 Å². The second-order valence-corrected chi connectivity index (χ2v) is 10.1. The molecule has 0 fully saturated rings. The molecule has 7 rings (SSSR count). The Kier molecular flexibility index (Phi) is 4.55. The molecule has 0 atom stereocenters. The Bertz CT molecular complexity index is 1940. The summed E-state index contributed by atoms with van der Waals surface area (Å²) < 4.78 is 5.03. The fraction of sp³-hybridized carbons (Fsp3) is 0.0938. The SMILES string of the molecule is CC/C=C\c1c(C)ccc2c1c1c3ccccc3c3c4ccccc4sc3c1n2-c1ccccn1. The highest BCUT2D eigenvalue weighted by Crippen LogP contribution is 2.48. The first kappa shape index (κ1) is 20.4. The van der Waals surface area contributed by atoms with Gasteiger partial charge in [-0.3, -0.25) is 4.57 Å². The lowest BCUT2D eigenvalue weighted by Gasteiger charge is -2.09. The average molecular weight is 469 g/mol. The molecule has 0 bridgehead atoms. The third-order valence-corrected chi connectivity index (χ3v) is 8.25. The first-order chi connectivity index (χ1) is 17.3. The van der Waals surface area contributed by atoms with Gasteiger partial charge in [0, 0.05) is 32.4 Å². The van der Waals surface area contributed by atoms with E-state index in [1.807, 2.05) is 23.6 Å². The van der Waals surface area contributed by atoms with E-state index in [-0.39, 0.29) is 0 Å². The second-order valence-electron chi connectivity index (χ2n) is 9.10. The van der Waals surface area contributed by atoms with Crippen LogP contribution in [-0.2, 0) is 0 Å². The van der Waals surface area contributed by atoms with E-state index in [0.29, 0.717) is 0 Å². The fourth-order valence-electron chi connectivity index (χ4n) is 5.56. The monoisotopic (exact) mass is 468 g/mol. The lowest BCUT2D eigenvalue weighted by Crippen LogP contribution is -1.97. The van der Waals surface area contributed by atoms with Gasteiger partial charge in [-0.2, -0.15) is 0 Å². The van der Waals surface area contributed by atoms with Crippen molar-refractivity contribution >= 4 is 70.2 Å². The van der Waals surface area contributed by atoms with Crippen molar-refractivity contribution in [2.75, 3.05) is 0 Å². The minimum Gasteiger partial charge on any atom is -0.292 e. The number of allylic oxidation sites excluding steroid dienone is 1. The maximum atomic E-state index is 4.83. The zero-order valence-electron chi connectivity index (χ0n) is 19.7. The van der Waals surface area contributed by atoms with Crippen molar-refractivity contribution in [3.8, 4) is 5.82 Å². The molecule has 2 nitrogen and oxygen atoms in total. The van der Waals surface area contributed by atoms with Crippen LogP contribution in [0.5, 0.6) is 0 Å². The summed E-state index contributed by atoms with van der Waals surface area (Å²) in [5.74, 6) is 0.954. The van der Waals surface area contributed by atoms with Crippen LogP contribution in [-0.4, -0.2) is 9.55 Å². The van der Waals surface area contributed by atoms with Crippen LogP contribution >= 0.6 is 11.3 Å². The highest BCUT2D eigenvalue weighted by molar-refractivity contribution is 7.27. The van der Waals surface area contributed by atoms with Crippen molar-refractivity contribution in [2.24, 2.45) is 0 Å². The van der Waals surface area contributed by atoms with Crippen LogP contribution in [0.25, 0.3) is 64.6 Å². The number of benzene rings is 4. The molecule has 7 aromatic rings. The molecular weight excluding hydrogens is 444 g/mol. The van der Waals surface area contributed by atoms with Gasteiger partial charge in [-0.1, -0.05) is 73.7 Å². The van der Waals surface area contributed by atoms with Crippen molar-refractivity contribution in [3.63, 3.8) is 0 Å². The van der Waals surface area contributed by atoms with E-state index < -0.39 is 0 Å². The molecule has 0 N–H and O–H groups in total. The van der Waals surface area contributed by atoms with Crippen molar-refractivity contribution in [1.82, 2.24) is 9.55 Å². The predicted octanol–water partition coefficient (Wildman–Crippen LogP) is 9.43. The lowest BCUT2D eigenvalue weighted by molar-refractivity contribution is 1.08. The minimum atomic E-state index is 0.954. The number of aromatic nitrogens is 2. The highest BCUT2D eigenvalue weighted by atomic mass is 32.1. The molecule has 3 heterocycles. The van der Waals surface area contributed by atoms with E-state index >= 15 is 0 Å². The molecule has 0 saturated carbocycles. The van der Waals surface area contributed by atoms with Gasteiger partial charge in [0.25, 0.3) is 0 Å². The van der Waals surface area contributed by atoms with E-state index in [1.54, 1.807) is 0 Å². The molecule has 0 saturated heterocycles. The van der Waals surface area contributed by atoms with Gasteiger partial charge in [0.05, 0.1) is 15.7 Å². The molecule has 168 valence electrons. The van der Waals surface area contributed by atoms with Gasteiger partial charge in [-0.15, -0.1) is 11.3 Å². The molecule has 3 aromatic heterocycles. The van der Waals surface area contributed by atoms with Crippen LogP contribution in [0.4, 0.5) is 0 Å². The maximum Gasteiger partial charge on any atom is 0.137 e. The quantitative estimate of drug-likeness (QED) is 0.252. The van der Waals surface area contributed by atoms with Crippen molar-refractivity contribution in [2.45, 2.75) is 20.3 Å². The van der Waals surface area contributed by atoms with Crippen molar-refractivity contribution < 1.29 is 0 Å². The van der Waals surface area contributed by atoms with E-state index in [4.69, 9.17) is 4.98 Å². The van der Waals surface area contributed by atoms with Crippen molar-refractivity contribution in [3.05, 3.63) is 102 Å². The summed E-state index contributed by atoms with van der Waals surface area (Å²) in [5.41, 5.74) is 5.05. The van der Waals surface area contributed by atoms with Gasteiger partial charge < -0.3 is 0 Å². The maximum absolute atomic E-state index is 4.83. The Morgan fingerprint density at radius 3 is 2.31 bits per heavy atom. The number of rotatable bonds is 3. The van der Waals surface area contributed by atoms with Crippen LogP contribution in [0.2, 0.25) is 0 Å². The van der Waals surface area contributed by atoms with E-state index in [1.165, 1.54) is 63.9 Å². The highest BCUT2D eigenvalue weighted by Gasteiger charge is 2.23. The van der Waals surface area contributed by atoms with E-state index in [9.17, 15) is 0 Å². The largest absolute Gasteiger partial charge is 0.292 e. The first-order valence-corrected chi connectivity index (χ1v) is 13.0. The summed E-state index contributed by atoms with van der Waals surface area (Å²) >= 11 is 1.89. The number of hydrogen-bond donors (Lipinski definition) is 0. The predicted molar refractivity (Wildman–Crippen MR) is 153 cm³/mol. The van der Waals surface area contributed by atoms with E-state index in [2.05, 4.69) is 103 Å². The standard InChI is InChI=1S/C32H24N2S/c1-3-4-11-21-20(2)17-18-25-29(21)30-23-13-6-5-12-22(23)28-24-14-7-8-15-26(24)35-32(28)31(30)34(25)27-16-9-10-19-33-27/h4-19H,3H2,1-2H3/b11-4-. The smallest absolute Gasteiger partial charge is 0.137 e. The third-order valence-electron chi connectivity index (χ3n) is 7.07. The molecule has 35 heavy (non-hydrogen) atoms. The molecule has 0 amide bonds. The summed E-state index contributed by atoms with van der Waals surface area (Å²) in [6, 6.07) is 28.4. The normalized spacial score (nSPS) is 12.3. The molecule has 0 unspecified atom stereocenters. The van der Waals surface area contributed by atoms with Crippen LogP contribution in [0, 0.1) is 6.92 Å². The van der Waals surface area contributed by atoms with Gasteiger partial charge in [0.15, 0.2) is 0 Å². The Balaban J connectivity index is 1.87. The second kappa shape index (κ2) is 7.79. The van der Waals surface area contributed by atoms with Gasteiger partial charge in [0.2, 0.25) is 0 Å². The Hall–Kier alpha value is -3.95. The summed E-state index contributed by atoms with van der Waals surface area (Å²) in [6.45, 7) is 4.41. The molecule has 0 aliphatic carbocycles. The van der Waals surface area contributed by atoms with Crippen LogP contribution < -0.4 is 0 Å². The molecule has 0 spiro atoms. The summed E-state index contributed by atoms with van der Waals surface area (Å²) in [5, 5.41) is 7.92. The Labute approximate surface area is 207 Å². The number of nitrogens with zero attached hydrogens (tertiary/aromatic N) is 2. The summed E-state index contributed by atoms with van der Waals surface area (Å²) in [4.78, 5) is 4.83. The molecule has 3 heteroatoms. The minimum absolute atomic E-state index is 0.954. The lowest BCUT2D eigenvalue weighted by atomic mass is 9.95. The summed E-state index contributed by atoms with van der Waals surface area (Å²) in [6.07, 6.45) is 7.48. The molecular formula is C32H24N2S. The Morgan fingerprint density at radius 1 is 0.800 bits per heavy atom. The van der Waals surface area contributed by atoms with Crippen molar-refractivity contribution in [1.29, 1.82) is 0 Å². The van der Waals surface area contributed by atoms with Crippen LogP contribution in [0.3, 0.4) is 0 Å². The molecule has 0 aliphatic rings. The van der Waals surface area contributed by atoms with Gasteiger partial charge in [0.1, 0.15) is 5.82 Å². The number of fused-ring (bicyclic) bond motifs is 10. The number of thiophene rings is 1. The average Bonchev–Trinajstić information content (AvgIpc) is 3.45. The number of pyridine rings is 1. The van der Waals surface area contributed by atoms with E-state index in [0.717, 1.165) is 12.2 Å². The van der Waals surface area contributed by atoms with Crippen LogP contribution in [0.1, 0.15) is 24.5 Å². The topological polar surface area (TPSA) is 17.8 Å². The first-order valence-electron chi connectivity index (χ1n) is 12.2. The Morgan fingerprint density at radius 2 is 1.54 bits per heavy atom. The number of aryl methyl sites for hydroxylation is 1. The fourth-order valence-corrected chi connectivity index (χ4v) is 6.82. The van der Waals surface area contributed by atoms with Crippen LogP contribution in [0.15, 0.2) is 91.1 Å². The zero-order valence-corrected chi connectivity index (χ0v) is 20.6. The summed E-state index contributed by atoms with van der Waals surface area (Å²) in [7, 11) is 0. The molecule has 0 radical (unpaired) electrons. The molecule has 0 aliphatic heterocycles. The molecule has 4 aromatic carbocycles. The van der Waals surface area contributed by atoms with Gasteiger partial charge >= 0.3 is 0 Å². The number of hydrogen-bond acceptors (Lipinski definition) is 2.